The van der Waals surface area contributed by atoms with Crippen LogP contribution in [0.1, 0.15) is 19.4 Å². The van der Waals surface area contributed by atoms with Crippen LogP contribution in [0.5, 0.6) is 0 Å². The van der Waals surface area contributed by atoms with E-state index in [0.717, 1.165) is 18.8 Å². The number of halogens is 2. The number of hydrogen-bond donors (Lipinski definition) is 1. The predicted molar refractivity (Wildman–Crippen MR) is 157 cm³/mol. The van der Waals surface area contributed by atoms with Crippen LogP contribution in [-0.2, 0) is 0 Å². The van der Waals surface area contributed by atoms with Gasteiger partial charge in [-0.15, -0.1) is 0 Å². The van der Waals surface area contributed by atoms with E-state index in [2.05, 4.69) is 70.0 Å². The van der Waals surface area contributed by atoms with E-state index in [1.807, 2.05) is 6.07 Å². The van der Waals surface area contributed by atoms with Gasteiger partial charge in [0.2, 0.25) is 5.95 Å². The summed E-state index contributed by atoms with van der Waals surface area (Å²) >= 11 is 12.9. The molecule has 3 aromatic heterocycles. The van der Waals surface area contributed by atoms with Crippen molar-refractivity contribution in [1.82, 2.24) is 29.0 Å². The molecule has 9 nitrogen and oxygen atoms in total. The van der Waals surface area contributed by atoms with Crippen molar-refractivity contribution in [2.75, 3.05) is 30.4 Å². The number of anilines is 3. The maximum Gasteiger partial charge on any atom is 0.281 e. The second-order valence-corrected chi connectivity index (χ2v) is 10.9. The number of aryl methyl sites for hydroxylation is 1. The third kappa shape index (κ3) is 4.40. The van der Waals surface area contributed by atoms with E-state index in [9.17, 15) is 4.79 Å². The molecule has 0 spiro atoms. The van der Waals surface area contributed by atoms with Crippen molar-refractivity contribution in [2.45, 2.75) is 32.9 Å². The monoisotopic (exact) mass is 562 g/mol. The maximum absolute atomic E-state index is 13.6. The summed E-state index contributed by atoms with van der Waals surface area (Å²) in [6.45, 7) is 8.62. The van der Waals surface area contributed by atoms with Gasteiger partial charge < -0.3 is 10.2 Å². The third-order valence-corrected chi connectivity index (χ3v) is 8.17. The van der Waals surface area contributed by atoms with E-state index in [1.54, 1.807) is 35.1 Å². The van der Waals surface area contributed by atoms with Crippen molar-refractivity contribution in [3.8, 4) is 5.69 Å². The van der Waals surface area contributed by atoms with Gasteiger partial charge in [-0.25, -0.2) is 24.1 Å². The zero-order valence-electron chi connectivity index (χ0n) is 22.1. The summed E-state index contributed by atoms with van der Waals surface area (Å²) in [5, 5.41) is 4.29. The van der Waals surface area contributed by atoms with Gasteiger partial charge in [0, 0.05) is 55.1 Å². The van der Waals surface area contributed by atoms with Crippen LogP contribution in [0.3, 0.4) is 0 Å². The molecule has 1 fully saturated rings. The highest BCUT2D eigenvalue weighted by Crippen LogP contribution is 2.30. The second-order valence-electron chi connectivity index (χ2n) is 10.1. The summed E-state index contributed by atoms with van der Waals surface area (Å²) in [6.07, 6.45) is 4.79. The van der Waals surface area contributed by atoms with E-state index in [-0.39, 0.29) is 5.56 Å². The van der Waals surface area contributed by atoms with Gasteiger partial charge in [0.05, 0.1) is 15.4 Å². The van der Waals surface area contributed by atoms with Crippen molar-refractivity contribution >= 4 is 57.1 Å². The Morgan fingerprint density at radius 2 is 1.74 bits per heavy atom. The molecule has 1 N–H and O–H groups in total. The highest BCUT2D eigenvalue weighted by atomic mass is 35.5. The Bertz CT molecular complexity index is 1750. The van der Waals surface area contributed by atoms with Crippen molar-refractivity contribution in [1.29, 1.82) is 0 Å². The molecule has 6 rings (SSSR count). The number of rotatable bonds is 4. The van der Waals surface area contributed by atoms with Gasteiger partial charge in [-0.2, -0.15) is 0 Å². The molecule has 5 aromatic rings. The van der Waals surface area contributed by atoms with Gasteiger partial charge >= 0.3 is 0 Å². The Kier molecular flexibility index (Phi) is 6.45. The maximum atomic E-state index is 13.6. The molecule has 0 amide bonds. The van der Waals surface area contributed by atoms with E-state index in [4.69, 9.17) is 23.2 Å². The third-order valence-electron chi connectivity index (χ3n) is 7.56. The van der Waals surface area contributed by atoms with Crippen LogP contribution in [-0.4, -0.2) is 61.3 Å². The summed E-state index contributed by atoms with van der Waals surface area (Å²) in [5.74, 6) is 0.370. The average Bonchev–Trinajstić information content (AvgIpc) is 3.39. The van der Waals surface area contributed by atoms with E-state index in [1.165, 1.54) is 22.1 Å². The second kappa shape index (κ2) is 9.82. The van der Waals surface area contributed by atoms with E-state index >= 15 is 0 Å². The van der Waals surface area contributed by atoms with E-state index < -0.39 is 0 Å². The first kappa shape index (κ1) is 25.6. The lowest BCUT2D eigenvalue weighted by molar-refractivity contribution is 0.170. The number of piperazine rings is 1. The molecule has 1 saturated heterocycles. The van der Waals surface area contributed by atoms with Crippen molar-refractivity contribution in [3.63, 3.8) is 0 Å². The SMILES string of the molecule is Cc1cc(Nc2ncc3c(=O)n(-c4c(Cl)cccc4Cl)n4ccnc4c3n2)ccc1N1C[C@@H](C)N(C)[C@@H](C)C1. The fourth-order valence-electron chi connectivity index (χ4n) is 5.33. The zero-order valence-corrected chi connectivity index (χ0v) is 23.6. The highest BCUT2D eigenvalue weighted by Gasteiger charge is 2.27. The predicted octanol–water partition coefficient (Wildman–Crippen LogP) is 5.32. The minimum atomic E-state index is -0.354. The standard InChI is InChI=1S/C28H28Cl2N8O/c1-16-12-19(8-9-23(16)36-14-17(2)35(4)18(3)15-36)33-28-32-13-20-24(34-28)26-31-10-11-37(26)38(27(20)39)25-21(29)6-5-7-22(25)30/h5-13,17-18H,14-15H2,1-4H3,(H,32,33,34)/t17-,18+. The lowest BCUT2D eigenvalue weighted by Crippen LogP contribution is -2.55. The van der Waals surface area contributed by atoms with Crippen LogP contribution in [0.15, 0.2) is 59.8 Å². The number of benzene rings is 2. The number of para-hydroxylation sites is 1. The Morgan fingerprint density at radius 3 is 2.44 bits per heavy atom. The average molecular weight is 563 g/mol. The number of imidazole rings is 1. The fraction of sp³-hybridized carbons (Fsp3) is 0.286. The first-order chi connectivity index (χ1) is 18.7. The summed E-state index contributed by atoms with van der Waals surface area (Å²) in [6, 6.07) is 12.3. The van der Waals surface area contributed by atoms with Crippen molar-refractivity contribution in [3.05, 3.63) is 81.0 Å². The van der Waals surface area contributed by atoms with Gasteiger partial charge in [0.25, 0.3) is 5.56 Å². The Labute approximate surface area is 235 Å². The molecule has 11 heteroatoms. The normalized spacial score (nSPS) is 18.3. The van der Waals surface area contributed by atoms with Gasteiger partial charge in [-0.1, -0.05) is 29.3 Å². The van der Waals surface area contributed by atoms with Gasteiger partial charge in [0.1, 0.15) is 11.2 Å². The summed E-state index contributed by atoms with van der Waals surface area (Å²) in [4.78, 5) is 32.1. The largest absolute Gasteiger partial charge is 0.368 e. The van der Waals surface area contributed by atoms with Crippen LogP contribution >= 0.6 is 23.2 Å². The molecule has 4 heterocycles. The number of nitrogens with one attached hydrogen (secondary N) is 1. The molecule has 0 saturated carbocycles. The summed E-state index contributed by atoms with van der Waals surface area (Å²) in [7, 11) is 2.19. The van der Waals surface area contributed by atoms with Gasteiger partial charge in [-0.3, -0.25) is 9.69 Å². The van der Waals surface area contributed by atoms with E-state index in [0.29, 0.717) is 50.3 Å². The molecule has 200 valence electrons. The van der Waals surface area contributed by atoms with Gasteiger partial charge in [0.15, 0.2) is 5.65 Å². The first-order valence-corrected chi connectivity index (χ1v) is 13.5. The fourth-order valence-corrected chi connectivity index (χ4v) is 5.89. The Balaban J connectivity index is 1.36. The molecule has 0 bridgehead atoms. The van der Waals surface area contributed by atoms with Crippen molar-refractivity contribution < 1.29 is 0 Å². The Morgan fingerprint density at radius 1 is 1.03 bits per heavy atom. The van der Waals surface area contributed by atoms with Crippen LogP contribution < -0.4 is 15.8 Å². The van der Waals surface area contributed by atoms with Crippen molar-refractivity contribution in [2.24, 2.45) is 0 Å². The number of nitrogens with zero attached hydrogens (tertiary/aromatic N) is 7. The number of fused-ring (bicyclic) bond motifs is 3. The molecule has 39 heavy (non-hydrogen) atoms. The molecule has 1 aliphatic heterocycles. The van der Waals surface area contributed by atoms with Crippen LogP contribution in [0.2, 0.25) is 10.0 Å². The topological polar surface area (TPSA) is 83.6 Å². The molecule has 2 atom stereocenters. The lowest BCUT2D eigenvalue weighted by atomic mass is 10.1. The quantitative estimate of drug-likeness (QED) is 0.317. The minimum absolute atomic E-state index is 0.306. The van der Waals surface area contributed by atoms with Crippen LogP contribution in [0.4, 0.5) is 17.3 Å². The van der Waals surface area contributed by atoms with Crippen LogP contribution in [0, 0.1) is 6.92 Å². The number of likely N-dealkylation sites (N-methyl/N-ethyl adjacent to an activating group) is 1. The zero-order chi connectivity index (χ0) is 27.4. The lowest BCUT2D eigenvalue weighted by Gasteiger charge is -2.44. The van der Waals surface area contributed by atoms with Crippen LogP contribution in [0.25, 0.3) is 22.2 Å². The molecule has 0 radical (unpaired) electrons. The van der Waals surface area contributed by atoms with Gasteiger partial charge in [-0.05, 0) is 63.7 Å². The minimum Gasteiger partial charge on any atom is -0.368 e. The molecule has 0 unspecified atom stereocenters. The smallest absolute Gasteiger partial charge is 0.281 e. The number of aromatic nitrogens is 5. The Hall–Kier alpha value is -3.66. The summed E-state index contributed by atoms with van der Waals surface area (Å²) in [5.41, 5.74) is 4.18. The molecule has 2 aromatic carbocycles. The summed E-state index contributed by atoms with van der Waals surface area (Å²) < 4.78 is 3.00. The molecule has 1 aliphatic rings. The molecule has 0 aliphatic carbocycles. The number of hydrogen-bond acceptors (Lipinski definition) is 7. The first-order valence-electron chi connectivity index (χ1n) is 12.8. The molecular weight excluding hydrogens is 535 g/mol. The highest BCUT2D eigenvalue weighted by molar-refractivity contribution is 6.37. The molecular formula is C28H28Cl2N8O.